The number of hydrogen-bond acceptors (Lipinski definition) is 1. The summed E-state index contributed by atoms with van der Waals surface area (Å²) in [6, 6.07) is 14.7. The highest BCUT2D eigenvalue weighted by molar-refractivity contribution is 6.27. The van der Waals surface area contributed by atoms with Crippen molar-refractivity contribution >= 4 is 43.5 Å². The van der Waals surface area contributed by atoms with Gasteiger partial charge >= 0.3 is 0 Å². The SMILES string of the molecule is [2H]c1c([2H])c([2H])c(-c2c([2H])c([2H])c([2H])c3oc4c([2H])c([2H])c([2H])c(-c5c6ccccc6c(-c6c([2H])c([2H])c([2H])c([2H])c6-c6ccccc6)c6ccccc56)c4c23)c([2H])c1[2H]. The molecule has 0 spiro atoms. The summed E-state index contributed by atoms with van der Waals surface area (Å²) < 4.78 is 139. The third-order valence-corrected chi connectivity index (χ3v) is 8.07. The number of hydrogen-bond donors (Lipinski definition) is 0. The number of furan rings is 1. The molecule has 45 heavy (non-hydrogen) atoms. The van der Waals surface area contributed by atoms with Gasteiger partial charge in [0.05, 0.1) is 20.6 Å². The summed E-state index contributed by atoms with van der Waals surface area (Å²) in [5, 5.41) is 1.71. The van der Waals surface area contributed by atoms with Gasteiger partial charge in [-0.2, -0.15) is 0 Å². The van der Waals surface area contributed by atoms with Crippen LogP contribution in [0.2, 0.25) is 0 Å². The highest BCUT2D eigenvalue weighted by atomic mass is 16.3. The first-order chi connectivity index (χ1) is 28.6. The van der Waals surface area contributed by atoms with Crippen molar-refractivity contribution in [1.82, 2.24) is 0 Å². The predicted octanol–water partition coefficient (Wildman–Crippen LogP) is 12.6. The molecule has 0 unspecified atom stereocenters. The van der Waals surface area contributed by atoms with Crippen LogP contribution in [-0.4, -0.2) is 0 Å². The third kappa shape index (κ3) is 4.02. The first-order valence-corrected chi connectivity index (χ1v) is 14.2. The summed E-state index contributed by atoms with van der Waals surface area (Å²) in [4.78, 5) is 0. The molecule has 1 heteroatoms. The molecule has 0 fully saturated rings. The van der Waals surface area contributed by atoms with Crippen molar-refractivity contribution in [3.8, 4) is 44.5 Å². The summed E-state index contributed by atoms with van der Waals surface area (Å²) in [6.07, 6.45) is 0. The second kappa shape index (κ2) is 10.4. The zero-order valence-corrected chi connectivity index (χ0v) is 23.4. The highest BCUT2D eigenvalue weighted by Crippen LogP contribution is 2.49. The molecule has 0 amide bonds. The molecule has 1 nitrogen and oxygen atoms in total. The molecule has 0 saturated heterocycles. The normalized spacial score (nSPS) is 16.2. The van der Waals surface area contributed by atoms with E-state index in [2.05, 4.69) is 0 Å². The van der Waals surface area contributed by atoms with Crippen molar-refractivity contribution in [2.45, 2.75) is 0 Å². The molecule has 0 N–H and O–H groups in total. The topological polar surface area (TPSA) is 13.1 Å². The number of fused-ring (bicyclic) bond motifs is 5. The van der Waals surface area contributed by atoms with Crippen molar-refractivity contribution in [1.29, 1.82) is 0 Å². The van der Waals surface area contributed by atoms with Crippen LogP contribution < -0.4 is 0 Å². The molecule has 0 saturated carbocycles. The van der Waals surface area contributed by atoms with E-state index in [4.69, 9.17) is 22.2 Å². The Hall–Kier alpha value is -5.92. The zero-order valence-electron chi connectivity index (χ0n) is 38.4. The lowest BCUT2D eigenvalue weighted by Crippen LogP contribution is -1.93. The number of benzene rings is 8. The van der Waals surface area contributed by atoms with Gasteiger partial charge in [0.1, 0.15) is 11.2 Å². The summed E-state index contributed by atoms with van der Waals surface area (Å²) >= 11 is 0. The Morgan fingerprint density at radius 2 is 0.822 bits per heavy atom. The molecule has 0 aliphatic rings. The molecule has 8 aromatic carbocycles. The van der Waals surface area contributed by atoms with Crippen molar-refractivity contribution in [3.63, 3.8) is 0 Å². The third-order valence-electron chi connectivity index (χ3n) is 8.07. The van der Waals surface area contributed by atoms with E-state index in [0.717, 1.165) is 0 Å². The molecular weight excluding hydrogens is 544 g/mol. The van der Waals surface area contributed by atoms with E-state index in [-0.39, 0.29) is 56.3 Å². The molecule has 9 rings (SSSR count). The largest absolute Gasteiger partial charge is 0.456 e. The lowest BCUT2D eigenvalue weighted by Gasteiger charge is -2.20. The van der Waals surface area contributed by atoms with Gasteiger partial charge in [0.25, 0.3) is 0 Å². The van der Waals surface area contributed by atoms with Gasteiger partial charge in [0, 0.05) is 10.8 Å². The zero-order chi connectivity index (χ0) is 42.8. The van der Waals surface area contributed by atoms with E-state index in [0.29, 0.717) is 38.2 Å². The molecule has 9 aromatic rings. The molecule has 0 aliphatic carbocycles. The fourth-order valence-corrected chi connectivity index (χ4v) is 6.25. The summed E-state index contributed by atoms with van der Waals surface area (Å²) in [5.41, 5.74) is 0.432. The van der Waals surface area contributed by atoms with Gasteiger partial charge < -0.3 is 4.42 Å². The summed E-state index contributed by atoms with van der Waals surface area (Å²) in [5.74, 6) is 0. The van der Waals surface area contributed by atoms with E-state index in [1.54, 1.807) is 78.9 Å². The van der Waals surface area contributed by atoms with Crippen LogP contribution in [0.4, 0.5) is 0 Å². The Morgan fingerprint density at radius 3 is 1.44 bits per heavy atom. The lowest BCUT2D eigenvalue weighted by molar-refractivity contribution is 0.669. The molecule has 1 aromatic heterocycles. The predicted molar refractivity (Wildman–Crippen MR) is 190 cm³/mol. The van der Waals surface area contributed by atoms with Gasteiger partial charge in [0.15, 0.2) is 0 Å². The van der Waals surface area contributed by atoms with Gasteiger partial charge in [-0.25, -0.2) is 0 Å². The maximum Gasteiger partial charge on any atom is 0.136 e. The Bertz CT molecular complexity index is 3290. The maximum absolute atomic E-state index is 9.56. The second-order valence-corrected chi connectivity index (χ2v) is 10.5. The van der Waals surface area contributed by atoms with Crippen molar-refractivity contribution in [3.05, 3.63) is 169 Å². The fraction of sp³-hybridized carbons (Fsp3) is 0. The average molecular weight is 588 g/mol. The van der Waals surface area contributed by atoms with Gasteiger partial charge in [0.2, 0.25) is 0 Å². The Labute approximate surface area is 282 Å². The van der Waals surface area contributed by atoms with Crippen LogP contribution in [0.1, 0.15) is 20.6 Å². The first-order valence-electron chi connectivity index (χ1n) is 21.7. The average Bonchev–Trinajstić information content (AvgIpc) is 3.65. The van der Waals surface area contributed by atoms with Crippen LogP contribution in [0.25, 0.3) is 88.0 Å². The van der Waals surface area contributed by atoms with Crippen LogP contribution in [0, 0.1) is 0 Å². The van der Waals surface area contributed by atoms with E-state index in [1.165, 1.54) is 0 Å². The molecule has 1 heterocycles. The van der Waals surface area contributed by atoms with Crippen molar-refractivity contribution in [2.75, 3.05) is 0 Å². The minimum Gasteiger partial charge on any atom is -0.456 e. The lowest BCUT2D eigenvalue weighted by atomic mass is 9.83. The Morgan fingerprint density at radius 1 is 0.356 bits per heavy atom. The highest BCUT2D eigenvalue weighted by Gasteiger charge is 2.22. The molecule has 0 radical (unpaired) electrons. The van der Waals surface area contributed by atoms with Crippen molar-refractivity contribution < 1.29 is 25.0 Å². The van der Waals surface area contributed by atoms with E-state index < -0.39 is 84.1 Å². The van der Waals surface area contributed by atoms with Crippen LogP contribution in [-0.2, 0) is 0 Å². The van der Waals surface area contributed by atoms with Gasteiger partial charge in [-0.15, -0.1) is 0 Å². The van der Waals surface area contributed by atoms with Crippen LogP contribution in [0.15, 0.2) is 174 Å². The van der Waals surface area contributed by atoms with Crippen LogP contribution >= 0.6 is 0 Å². The van der Waals surface area contributed by atoms with Crippen LogP contribution in [0.5, 0.6) is 0 Å². The smallest absolute Gasteiger partial charge is 0.136 e. The molecule has 0 aliphatic heterocycles. The van der Waals surface area contributed by atoms with Crippen LogP contribution in [0.3, 0.4) is 0 Å². The second-order valence-electron chi connectivity index (χ2n) is 10.5. The molecule has 0 bridgehead atoms. The molecule has 0 atom stereocenters. The monoisotopic (exact) mass is 587 g/mol. The fourth-order valence-electron chi connectivity index (χ4n) is 6.25. The maximum atomic E-state index is 9.56. The summed E-state index contributed by atoms with van der Waals surface area (Å²) in [7, 11) is 0. The van der Waals surface area contributed by atoms with Gasteiger partial charge in [-0.1, -0.05) is 157 Å². The van der Waals surface area contributed by atoms with E-state index in [9.17, 15) is 2.74 Å². The van der Waals surface area contributed by atoms with E-state index >= 15 is 0 Å². The first kappa shape index (κ1) is 14.7. The molecular formula is C44H28O. The van der Waals surface area contributed by atoms with Gasteiger partial charge in [-0.3, -0.25) is 0 Å². The standard InChI is InChI=1S/C44H28O/c1-3-15-29(16-4-1)31-19-7-8-20-33(31)41-34-21-9-11-23-36(34)42(37-24-12-10-22-35(37)41)38-26-14-28-40-44(38)43-32(25-13-27-39(43)45-40)30-17-5-2-6-18-30/h1-28H/i2D,5D,6D,7D,8D,13D,14D,17D,18D,19D,20D,25D,26D,27D,28D. The Kier molecular flexibility index (Phi) is 3.39. The molecule has 210 valence electrons. The van der Waals surface area contributed by atoms with Gasteiger partial charge in [-0.05, 0) is 78.1 Å². The summed E-state index contributed by atoms with van der Waals surface area (Å²) in [6.45, 7) is 0. The number of rotatable bonds is 4. The minimum atomic E-state index is -0.704. The quantitative estimate of drug-likeness (QED) is 0.187. The van der Waals surface area contributed by atoms with E-state index in [1.807, 2.05) is 0 Å². The van der Waals surface area contributed by atoms with Crippen molar-refractivity contribution in [2.24, 2.45) is 0 Å². The minimum absolute atomic E-state index is 0.00657. The Balaban J connectivity index is 1.55.